The summed E-state index contributed by atoms with van der Waals surface area (Å²) in [4.78, 5) is 2.43. The number of benzene rings is 1. The number of piperidine rings is 1. The molecule has 5 heteroatoms. The molecule has 1 aromatic carbocycles. The lowest BCUT2D eigenvalue weighted by Crippen LogP contribution is -2.57. The van der Waals surface area contributed by atoms with Crippen LogP contribution in [0, 0.1) is 17.2 Å². The normalized spacial score (nSPS) is 31.8. The Bertz CT molecular complexity index is 474. The third-order valence-electron chi connectivity index (χ3n) is 4.46. The summed E-state index contributed by atoms with van der Waals surface area (Å²) < 4.78 is 0. The van der Waals surface area contributed by atoms with E-state index in [2.05, 4.69) is 35.2 Å². The van der Waals surface area contributed by atoms with Gasteiger partial charge in [0.15, 0.2) is 0 Å². The Morgan fingerprint density at radius 3 is 2.60 bits per heavy atom. The predicted octanol–water partition coefficient (Wildman–Crippen LogP) is 3.08. The molecular weight excluding hydrogens is 293 g/mol. The molecule has 0 aliphatic carbocycles. The van der Waals surface area contributed by atoms with Gasteiger partial charge in [-0.25, -0.2) is 0 Å². The summed E-state index contributed by atoms with van der Waals surface area (Å²) in [5.74, 6) is 0.148. The van der Waals surface area contributed by atoms with Gasteiger partial charge in [0.05, 0.1) is 17.6 Å². The van der Waals surface area contributed by atoms with Crippen LogP contribution in [0.15, 0.2) is 30.3 Å². The van der Waals surface area contributed by atoms with Gasteiger partial charge < -0.3 is 5.73 Å². The Kier molecular flexibility index (Phi) is 5.85. The summed E-state index contributed by atoms with van der Waals surface area (Å²) in [6, 6.07) is 13.4. The van der Waals surface area contributed by atoms with Gasteiger partial charge in [-0.15, -0.1) is 24.8 Å². The number of nitrogens with two attached hydrogens (primary N) is 1. The molecule has 2 bridgehead atoms. The first-order valence-electron chi connectivity index (χ1n) is 6.70. The van der Waals surface area contributed by atoms with E-state index >= 15 is 0 Å². The van der Waals surface area contributed by atoms with Crippen LogP contribution >= 0.6 is 24.8 Å². The van der Waals surface area contributed by atoms with E-state index in [0.29, 0.717) is 6.04 Å². The molecule has 1 aromatic rings. The van der Waals surface area contributed by atoms with Crippen LogP contribution in [-0.2, 0) is 6.54 Å². The average molecular weight is 314 g/mol. The highest BCUT2D eigenvalue weighted by Gasteiger charge is 2.49. The second-order valence-electron chi connectivity index (χ2n) is 5.68. The van der Waals surface area contributed by atoms with Gasteiger partial charge in [-0.05, 0) is 31.2 Å². The molecule has 20 heavy (non-hydrogen) atoms. The van der Waals surface area contributed by atoms with Crippen LogP contribution in [0.3, 0.4) is 0 Å². The molecule has 2 aliphatic rings. The molecule has 2 saturated heterocycles. The second-order valence-corrected chi connectivity index (χ2v) is 5.68. The van der Waals surface area contributed by atoms with Gasteiger partial charge in [0.2, 0.25) is 0 Å². The van der Waals surface area contributed by atoms with Gasteiger partial charge in [-0.1, -0.05) is 30.3 Å². The number of nitriles is 1. The Morgan fingerprint density at radius 2 is 2.00 bits per heavy atom. The summed E-state index contributed by atoms with van der Waals surface area (Å²) in [6.07, 6.45) is 3.99. The van der Waals surface area contributed by atoms with Crippen LogP contribution in [0.5, 0.6) is 0 Å². The van der Waals surface area contributed by atoms with Crippen molar-refractivity contribution in [3.63, 3.8) is 0 Å². The van der Waals surface area contributed by atoms with E-state index in [0.717, 1.165) is 32.2 Å². The number of hydrogen-bond acceptors (Lipinski definition) is 3. The van der Waals surface area contributed by atoms with E-state index in [9.17, 15) is 0 Å². The van der Waals surface area contributed by atoms with Crippen LogP contribution in [0.4, 0.5) is 0 Å². The van der Waals surface area contributed by atoms with Crippen molar-refractivity contribution in [1.82, 2.24) is 4.90 Å². The van der Waals surface area contributed by atoms with Crippen molar-refractivity contribution in [1.29, 1.82) is 5.26 Å². The lowest BCUT2D eigenvalue weighted by molar-refractivity contribution is 0.0339. The molecule has 0 aromatic heterocycles. The molecule has 3 unspecified atom stereocenters. The zero-order chi connectivity index (χ0) is 12.6. The number of rotatable bonds is 2. The van der Waals surface area contributed by atoms with Crippen molar-refractivity contribution in [2.75, 3.05) is 0 Å². The topological polar surface area (TPSA) is 53.1 Å². The molecule has 0 radical (unpaired) electrons. The smallest absolute Gasteiger partial charge is 0.0705 e. The number of nitrogens with zero attached hydrogens (tertiary/aromatic N) is 2. The van der Waals surface area contributed by atoms with Gasteiger partial charge >= 0.3 is 0 Å². The van der Waals surface area contributed by atoms with Gasteiger partial charge in [-0.3, -0.25) is 4.90 Å². The zero-order valence-electron chi connectivity index (χ0n) is 11.4. The minimum Gasteiger partial charge on any atom is -0.313 e. The van der Waals surface area contributed by atoms with E-state index in [4.69, 9.17) is 11.0 Å². The highest BCUT2D eigenvalue weighted by Crippen LogP contribution is 2.43. The van der Waals surface area contributed by atoms with Crippen molar-refractivity contribution in [2.45, 2.75) is 43.9 Å². The zero-order valence-corrected chi connectivity index (χ0v) is 13.0. The lowest BCUT2D eigenvalue weighted by Gasteiger charge is -2.44. The Morgan fingerprint density at radius 1 is 1.30 bits per heavy atom. The first kappa shape index (κ1) is 17.3. The maximum Gasteiger partial charge on any atom is 0.0705 e. The van der Waals surface area contributed by atoms with Crippen molar-refractivity contribution in [3.05, 3.63) is 35.9 Å². The maximum absolute atomic E-state index is 9.12. The van der Waals surface area contributed by atoms with Gasteiger partial charge in [-0.2, -0.15) is 5.26 Å². The number of hydrogen-bond donors (Lipinski definition) is 1. The molecular formula is C15H21Cl2N3. The molecule has 0 amide bonds. The molecule has 0 saturated carbocycles. The molecule has 0 spiro atoms. The third kappa shape index (κ3) is 3.10. The van der Waals surface area contributed by atoms with E-state index < -0.39 is 0 Å². The average Bonchev–Trinajstić information content (AvgIpc) is 2.59. The van der Waals surface area contributed by atoms with Crippen molar-refractivity contribution < 1.29 is 0 Å². The Balaban J connectivity index is 0.000001000. The predicted molar refractivity (Wildman–Crippen MR) is 84.8 cm³/mol. The molecule has 2 fully saturated rings. The first-order valence-corrected chi connectivity index (χ1v) is 6.70. The summed E-state index contributed by atoms with van der Waals surface area (Å²) >= 11 is 0. The fourth-order valence-electron chi connectivity index (χ4n) is 3.55. The van der Waals surface area contributed by atoms with Crippen molar-refractivity contribution >= 4 is 24.8 Å². The highest BCUT2D eigenvalue weighted by molar-refractivity contribution is 5.85. The first-order chi connectivity index (χ1) is 8.71. The molecule has 2 heterocycles. The van der Waals surface area contributed by atoms with Gasteiger partial charge in [0.1, 0.15) is 0 Å². The van der Waals surface area contributed by atoms with Crippen LogP contribution in [0.25, 0.3) is 0 Å². The van der Waals surface area contributed by atoms with E-state index in [1.807, 2.05) is 6.07 Å². The molecule has 3 nitrogen and oxygen atoms in total. The standard InChI is InChI=1S/C15H19N3.2ClH/c16-10-13-8-14-6-7-15(17,9-13)18(14)11-12-4-2-1-3-5-12;;/h1-5,13-14H,6-9,11,17H2;2*1H. The lowest BCUT2D eigenvalue weighted by atomic mass is 9.88. The van der Waals surface area contributed by atoms with Crippen LogP contribution < -0.4 is 5.73 Å². The fourth-order valence-corrected chi connectivity index (χ4v) is 3.55. The molecule has 110 valence electrons. The summed E-state index contributed by atoms with van der Waals surface area (Å²) in [6.45, 7) is 0.917. The highest BCUT2D eigenvalue weighted by atomic mass is 35.5. The third-order valence-corrected chi connectivity index (χ3v) is 4.46. The molecule has 2 N–H and O–H groups in total. The minimum atomic E-state index is -0.251. The van der Waals surface area contributed by atoms with Crippen LogP contribution in [0.1, 0.15) is 31.2 Å². The van der Waals surface area contributed by atoms with Crippen molar-refractivity contribution in [3.8, 4) is 6.07 Å². The number of fused-ring (bicyclic) bond motifs is 2. The second kappa shape index (κ2) is 6.78. The SMILES string of the molecule is Cl.Cl.N#CC1CC2CCC(N)(C1)N2Cc1ccccc1. The summed E-state index contributed by atoms with van der Waals surface area (Å²) in [5, 5.41) is 9.12. The maximum atomic E-state index is 9.12. The van der Waals surface area contributed by atoms with Crippen LogP contribution in [-0.4, -0.2) is 16.6 Å². The molecule has 3 rings (SSSR count). The molecule has 3 atom stereocenters. The quantitative estimate of drug-likeness (QED) is 0.912. The summed E-state index contributed by atoms with van der Waals surface area (Å²) in [5.41, 5.74) is 7.60. The van der Waals surface area contributed by atoms with Crippen molar-refractivity contribution in [2.24, 2.45) is 11.7 Å². The Labute approximate surface area is 133 Å². The Hall–Kier alpha value is -0.790. The largest absolute Gasteiger partial charge is 0.313 e. The minimum absolute atomic E-state index is 0. The van der Waals surface area contributed by atoms with Crippen LogP contribution in [0.2, 0.25) is 0 Å². The number of halogens is 2. The van der Waals surface area contributed by atoms with E-state index in [1.165, 1.54) is 5.56 Å². The fraction of sp³-hybridized carbons (Fsp3) is 0.533. The monoisotopic (exact) mass is 313 g/mol. The van der Waals surface area contributed by atoms with Gasteiger partial charge in [0, 0.05) is 12.6 Å². The van der Waals surface area contributed by atoms with E-state index in [1.54, 1.807) is 0 Å². The summed E-state index contributed by atoms with van der Waals surface area (Å²) in [7, 11) is 0. The van der Waals surface area contributed by atoms with Gasteiger partial charge in [0.25, 0.3) is 0 Å². The van der Waals surface area contributed by atoms with E-state index in [-0.39, 0.29) is 36.4 Å². The molecule has 2 aliphatic heterocycles.